The van der Waals surface area contributed by atoms with E-state index in [4.69, 9.17) is 4.74 Å². The van der Waals surface area contributed by atoms with Crippen LogP contribution in [0, 0.1) is 5.92 Å². The summed E-state index contributed by atoms with van der Waals surface area (Å²) in [5.74, 6) is 0.545. The molecule has 1 heterocycles. The maximum atomic E-state index is 13.3. The highest BCUT2D eigenvalue weighted by Gasteiger charge is 2.16. The summed E-state index contributed by atoms with van der Waals surface area (Å²) in [5.41, 5.74) is 1.67. The topological polar surface area (TPSA) is 85.2 Å². The summed E-state index contributed by atoms with van der Waals surface area (Å²) in [6.07, 6.45) is 1.39. The van der Waals surface area contributed by atoms with Crippen molar-refractivity contribution in [2.75, 3.05) is 11.9 Å². The number of nitrogens with one attached hydrogen (secondary N) is 2. The second-order valence-electron chi connectivity index (χ2n) is 7.91. The summed E-state index contributed by atoms with van der Waals surface area (Å²) >= 11 is 0. The predicted octanol–water partition coefficient (Wildman–Crippen LogP) is 4.15. The number of hydrogen-bond acceptors (Lipinski definition) is 5. The number of rotatable bonds is 8. The zero-order valence-corrected chi connectivity index (χ0v) is 18.3. The van der Waals surface area contributed by atoms with Crippen molar-refractivity contribution in [1.82, 2.24) is 15.1 Å². The van der Waals surface area contributed by atoms with Gasteiger partial charge in [-0.15, -0.1) is 0 Å². The van der Waals surface area contributed by atoms with Gasteiger partial charge < -0.3 is 15.4 Å². The Kier molecular flexibility index (Phi) is 7.07. The van der Waals surface area contributed by atoms with Crippen LogP contribution in [0.4, 0.5) is 11.4 Å². The van der Waals surface area contributed by atoms with Crippen molar-refractivity contribution in [3.05, 3.63) is 76.7 Å². The number of carbonyl (C=O) groups is 1. The lowest BCUT2D eigenvalue weighted by Gasteiger charge is -2.16. The molecule has 0 spiro atoms. The smallest absolute Gasteiger partial charge is 0.299 e. The van der Waals surface area contributed by atoms with E-state index in [0.717, 1.165) is 0 Å². The Hall–Kier alpha value is -3.61. The molecule has 1 amide bonds. The van der Waals surface area contributed by atoms with Gasteiger partial charge in [-0.05, 0) is 50.1 Å². The fourth-order valence-electron chi connectivity index (χ4n) is 2.93. The summed E-state index contributed by atoms with van der Waals surface area (Å²) in [6.45, 7) is 8.43. The lowest BCUT2D eigenvalue weighted by atomic mass is 10.1. The van der Waals surface area contributed by atoms with E-state index in [2.05, 4.69) is 15.7 Å². The molecule has 2 N–H and O–H groups in total. The number of ether oxygens (including phenoxy) is 1. The summed E-state index contributed by atoms with van der Waals surface area (Å²) < 4.78 is 7.13. The molecule has 31 heavy (non-hydrogen) atoms. The van der Waals surface area contributed by atoms with Gasteiger partial charge in [-0.2, -0.15) is 9.78 Å². The molecule has 3 aromatic rings. The van der Waals surface area contributed by atoms with Gasteiger partial charge in [0.25, 0.3) is 11.5 Å². The summed E-state index contributed by atoms with van der Waals surface area (Å²) in [7, 11) is 0. The first-order valence-electron chi connectivity index (χ1n) is 10.3. The number of carbonyl (C=O) groups excluding carboxylic acids is 1. The molecular formula is C24H28N4O3. The maximum Gasteiger partial charge on any atom is 0.299 e. The van der Waals surface area contributed by atoms with Gasteiger partial charge in [0.15, 0.2) is 11.4 Å². The maximum absolute atomic E-state index is 13.3. The quantitative estimate of drug-likeness (QED) is 0.572. The van der Waals surface area contributed by atoms with Crippen LogP contribution in [0.25, 0.3) is 5.69 Å². The van der Waals surface area contributed by atoms with Gasteiger partial charge >= 0.3 is 0 Å². The third-order valence-electron chi connectivity index (χ3n) is 4.37. The van der Waals surface area contributed by atoms with Crippen LogP contribution in [0.5, 0.6) is 5.75 Å². The molecule has 2 aromatic carbocycles. The SMILES string of the molecule is CC(C)CNC(=O)c1cccc(Nc2c(OC(C)C)cnn(-c3ccccc3)c2=O)c1. The van der Waals surface area contributed by atoms with Crippen LogP contribution in [0.15, 0.2) is 65.6 Å². The minimum Gasteiger partial charge on any atom is -0.487 e. The van der Waals surface area contributed by atoms with Gasteiger partial charge in [-0.25, -0.2) is 0 Å². The predicted molar refractivity (Wildman–Crippen MR) is 122 cm³/mol. The van der Waals surface area contributed by atoms with Gasteiger partial charge in [-0.3, -0.25) is 9.59 Å². The number of nitrogens with zero attached hydrogens (tertiary/aromatic N) is 2. The molecule has 162 valence electrons. The summed E-state index contributed by atoms with van der Waals surface area (Å²) in [6, 6.07) is 16.2. The van der Waals surface area contributed by atoms with Crippen LogP contribution in [0.3, 0.4) is 0 Å². The van der Waals surface area contributed by atoms with Crippen molar-refractivity contribution in [1.29, 1.82) is 0 Å². The number of para-hydroxylation sites is 1. The van der Waals surface area contributed by atoms with Gasteiger partial charge in [0.2, 0.25) is 0 Å². The molecule has 3 rings (SSSR count). The van der Waals surface area contributed by atoms with E-state index in [9.17, 15) is 9.59 Å². The first kappa shape index (κ1) is 22.1. The normalized spacial score (nSPS) is 10.9. The number of aromatic nitrogens is 2. The fraction of sp³-hybridized carbons (Fsp3) is 0.292. The van der Waals surface area contributed by atoms with E-state index in [0.29, 0.717) is 35.2 Å². The summed E-state index contributed by atoms with van der Waals surface area (Å²) in [5, 5.41) is 10.3. The lowest BCUT2D eigenvalue weighted by molar-refractivity contribution is 0.0949. The minimum absolute atomic E-state index is 0.137. The van der Waals surface area contributed by atoms with Crippen molar-refractivity contribution < 1.29 is 9.53 Å². The van der Waals surface area contributed by atoms with Crippen LogP contribution in [-0.2, 0) is 0 Å². The Morgan fingerprint density at radius 2 is 1.81 bits per heavy atom. The number of amides is 1. The molecule has 7 heteroatoms. The van der Waals surface area contributed by atoms with Crippen molar-refractivity contribution >= 4 is 17.3 Å². The van der Waals surface area contributed by atoms with Crippen molar-refractivity contribution in [2.24, 2.45) is 5.92 Å². The Labute approximate surface area is 182 Å². The van der Waals surface area contributed by atoms with Crippen LogP contribution < -0.4 is 20.9 Å². The van der Waals surface area contributed by atoms with E-state index < -0.39 is 0 Å². The average Bonchev–Trinajstić information content (AvgIpc) is 2.75. The Morgan fingerprint density at radius 1 is 1.06 bits per heavy atom. The molecule has 1 aromatic heterocycles. The minimum atomic E-state index is -0.348. The fourth-order valence-corrected chi connectivity index (χ4v) is 2.93. The number of benzene rings is 2. The van der Waals surface area contributed by atoms with Gasteiger partial charge in [0, 0.05) is 17.8 Å². The molecule has 0 fully saturated rings. The molecule has 7 nitrogen and oxygen atoms in total. The highest BCUT2D eigenvalue weighted by Crippen LogP contribution is 2.25. The van der Waals surface area contributed by atoms with Crippen molar-refractivity contribution in [2.45, 2.75) is 33.8 Å². The Bertz CT molecular complexity index is 1090. The van der Waals surface area contributed by atoms with Gasteiger partial charge in [0.1, 0.15) is 0 Å². The first-order chi connectivity index (χ1) is 14.8. The van der Waals surface area contributed by atoms with Crippen LogP contribution >= 0.6 is 0 Å². The van der Waals surface area contributed by atoms with Crippen LogP contribution in [0.1, 0.15) is 38.1 Å². The van der Waals surface area contributed by atoms with Crippen LogP contribution in [0.2, 0.25) is 0 Å². The monoisotopic (exact) mass is 420 g/mol. The van der Waals surface area contributed by atoms with Gasteiger partial charge in [0.05, 0.1) is 18.0 Å². The molecule has 0 aliphatic heterocycles. The zero-order valence-electron chi connectivity index (χ0n) is 18.3. The van der Waals surface area contributed by atoms with Gasteiger partial charge in [-0.1, -0.05) is 38.1 Å². The third-order valence-corrected chi connectivity index (χ3v) is 4.37. The van der Waals surface area contributed by atoms with Crippen LogP contribution in [-0.4, -0.2) is 28.3 Å². The van der Waals surface area contributed by atoms with Crippen molar-refractivity contribution in [3.8, 4) is 11.4 Å². The first-order valence-corrected chi connectivity index (χ1v) is 10.3. The molecule has 0 bridgehead atoms. The second kappa shape index (κ2) is 9.93. The third kappa shape index (κ3) is 5.72. The second-order valence-corrected chi connectivity index (χ2v) is 7.91. The Morgan fingerprint density at radius 3 is 2.48 bits per heavy atom. The molecule has 0 saturated heterocycles. The molecule has 0 unspecified atom stereocenters. The lowest BCUT2D eigenvalue weighted by Crippen LogP contribution is -2.27. The van der Waals surface area contributed by atoms with Crippen molar-refractivity contribution in [3.63, 3.8) is 0 Å². The van der Waals surface area contributed by atoms with E-state index in [-0.39, 0.29) is 23.3 Å². The largest absolute Gasteiger partial charge is 0.487 e. The number of hydrogen-bond donors (Lipinski definition) is 2. The Balaban J connectivity index is 1.97. The van der Waals surface area contributed by atoms with E-state index in [1.54, 1.807) is 36.4 Å². The van der Waals surface area contributed by atoms with E-state index in [1.165, 1.54) is 10.9 Å². The molecule has 0 aliphatic rings. The molecule has 0 radical (unpaired) electrons. The molecule has 0 saturated carbocycles. The zero-order chi connectivity index (χ0) is 22.4. The summed E-state index contributed by atoms with van der Waals surface area (Å²) in [4.78, 5) is 25.7. The molecule has 0 aliphatic carbocycles. The molecular weight excluding hydrogens is 392 g/mol. The highest BCUT2D eigenvalue weighted by molar-refractivity contribution is 5.95. The standard InChI is InChI=1S/C24H28N4O3/c1-16(2)14-25-23(29)18-9-8-10-19(13-18)27-22-21(31-17(3)4)15-26-28(24(22)30)20-11-6-5-7-12-20/h5-13,15-17,27H,14H2,1-4H3,(H,25,29). The van der Waals surface area contributed by atoms with E-state index in [1.807, 2.05) is 45.9 Å². The molecule has 0 atom stereocenters. The highest BCUT2D eigenvalue weighted by atomic mass is 16.5. The van der Waals surface area contributed by atoms with E-state index >= 15 is 0 Å². The average molecular weight is 421 g/mol. The number of anilines is 2.